The Bertz CT molecular complexity index is 3450. The van der Waals surface area contributed by atoms with E-state index in [1.165, 1.54) is 12.1 Å². The van der Waals surface area contributed by atoms with Gasteiger partial charge in [0.05, 0.1) is 60.3 Å². The number of carbonyl (C=O) groups is 8. The molecule has 28 atom stereocenters. The van der Waals surface area contributed by atoms with Crippen molar-refractivity contribution >= 4 is 70.5 Å². The molecule has 113 heavy (non-hydrogen) atoms. The summed E-state index contributed by atoms with van der Waals surface area (Å²) in [5.41, 5.74) is 5.63. The van der Waals surface area contributed by atoms with Gasteiger partial charge in [-0.15, -0.1) is 23.2 Å². The molecule has 10 fully saturated rings. The highest BCUT2D eigenvalue weighted by Gasteiger charge is 2.58. The predicted molar refractivity (Wildman–Crippen MR) is 410 cm³/mol. The van der Waals surface area contributed by atoms with E-state index in [4.69, 9.17) is 47.9 Å². The van der Waals surface area contributed by atoms with E-state index in [1.54, 1.807) is 7.05 Å². The number of aliphatic hydroxyl groups is 9. The molecule has 0 spiro atoms. The van der Waals surface area contributed by atoms with E-state index >= 15 is 28.8 Å². The van der Waals surface area contributed by atoms with Gasteiger partial charge < -0.3 is 124 Å². The van der Waals surface area contributed by atoms with Crippen molar-refractivity contribution in [2.75, 3.05) is 39.8 Å². The zero-order valence-corrected chi connectivity index (χ0v) is 66.6. The van der Waals surface area contributed by atoms with Crippen molar-refractivity contribution in [3.63, 3.8) is 0 Å². The summed E-state index contributed by atoms with van der Waals surface area (Å²) < 4.78 is 26.3. The molecule has 634 valence electrons. The monoisotopic (exact) mass is 1630 g/mol. The largest absolute Gasteiger partial charge is 0.485 e. The number of hydrogen-bond donors (Lipinski definition) is 20. The fourth-order valence-corrected chi connectivity index (χ4v) is 21.9. The van der Waals surface area contributed by atoms with Gasteiger partial charge in [0.25, 0.3) is 0 Å². The zero-order valence-electron chi connectivity index (χ0n) is 65.1. The lowest BCUT2D eigenvalue weighted by Gasteiger charge is -2.55. The molecule has 14 aliphatic rings. The van der Waals surface area contributed by atoms with Crippen molar-refractivity contribution in [1.82, 2.24) is 53.2 Å². The molecule has 1 aromatic carbocycles. The first-order valence-corrected chi connectivity index (χ1v) is 42.6. The Kier molecular flexibility index (Phi) is 29.5. The van der Waals surface area contributed by atoms with Gasteiger partial charge in [0, 0.05) is 31.6 Å². The Morgan fingerprint density at radius 1 is 0.602 bits per heavy atom. The number of primary amides is 1. The first-order valence-electron chi connectivity index (χ1n) is 41.7. The van der Waals surface area contributed by atoms with E-state index in [-0.39, 0.29) is 118 Å². The van der Waals surface area contributed by atoms with Gasteiger partial charge in [0.1, 0.15) is 72.9 Å². The quantitative estimate of drug-likeness (QED) is 0.0455. The number of alkyl halides is 2. The lowest BCUT2D eigenvalue weighted by molar-refractivity contribution is -0.278. The number of nitrogens with two attached hydrogens (primary N) is 1. The molecule has 1 aromatic rings. The third-order valence-electron chi connectivity index (χ3n) is 26.9. The van der Waals surface area contributed by atoms with E-state index < -0.39 is 234 Å². The molecule has 32 nitrogen and oxygen atoms in total. The molecule has 34 heteroatoms. The maximum atomic E-state index is 16.5. The van der Waals surface area contributed by atoms with Gasteiger partial charge in [0.2, 0.25) is 59.3 Å². The highest BCUT2D eigenvalue weighted by Crippen LogP contribution is 2.55. The van der Waals surface area contributed by atoms with Crippen LogP contribution in [0.25, 0.3) is 0 Å². The number of benzene rings is 1. The van der Waals surface area contributed by atoms with Crippen molar-refractivity contribution in [2.24, 2.45) is 76.7 Å². The fraction of sp³-hybridized carbons (Fsp3) is 0.823. The van der Waals surface area contributed by atoms with Gasteiger partial charge in [0.15, 0.2) is 11.5 Å². The molecule has 6 aliphatic heterocycles. The molecule has 8 saturated carbocycles. The minimum Gasteiger partial charge on any atom is -0.485 e. The summed E-state index contributed by atoms with van der Waals surface area (Å²) in [4.78, 5) is 123. The molecule has 4 unspecified atom stereocenters. The summed E-state index contributed by atoms with van der Waals surface area (Å²) in [6.45, 7) is 6.99. The number of unbranched alkanes of at least 4 members (excludes halogenated alkanes) is 4. The van der Waals surface area contributed by atoms with Crippen LogP contribution in [0.4, 0.5) is 0 Å². The summed E-state index contributed by atoms with van der Waals surface area (Å²) in [6.07, 6.45) is -9.93. The minimum atomic E-state index is -2.13. The van der Waals surface area contributed by atoms with Gasteiger partial charge in [-0.2, -0.15) is 0 Å². The smallest absolute Gasteiger partial charge is 0.247 e. The van der Waals surface area contributed by atoms with Crippen LogP contribution >= 0.6 is 23.2 Å². The number of amides is 8. The molecule has 15 rings (SSSR count). The van der Waals surface area contributed by atoms with Gasteiger partial charge in [-0.25, -0.2) is 0 Å². The van der Waals surface area contributed by atoms with E-state index in [9.17, 15) is 55.5 Å². The summed E-state index contributed by atoms with van der Waals surface area (Å²) >= 11 is 14.8. The number of fused-ring (bicyclic) bond motifs is 15. The normalized spacial score (nSPS) is 40.9. The molecule has 6 heterocycles. The Morgan fingerprint density at radius 3 is 1.84 bits per heavy atom. The molecular formula is C79H123Cl2N11O21. The molecule has 0 radical (unpaired) electrons. The average Bonchev–Trinajstić information content (AvgIpc) is 0.753. The number of hydrogen-bond acceptors (Lipinski definition) is 24. The number of carbonyl (C=O) groups excluding carboxylic acids is 8. The minimum absolute atomic E-state index is 0.00217. The van der Waals surface area contributed by atoms with Crippen LogP contribution in [0, 0.1) is 71.0 Å². The average molecular weight is 1630 g/mol. The predicted octanol–water partition coefficient (Wildman–Crippen LogP) is -1.13. The van der Waals surface area contributed by atoms with Crippen LogP contribution in [-0.4, -0.2) is 260 Å². The topological polar surface area (TPSA) is 502 Å². The van der Waals surface area contributed by atoms with Crippen LogP contribution in [0.2, 0.25) is 0 Å². The highest BCUT2D eigenvalue weighted by molar-refractivity contribution is 6.21. The van der Waals surface area contributed by atoms with E-state index in [1.807, 2.05) is 13.8 Å². The maximum absolute atomic E-state index is 16.5. The van der Waals surface area contributed by atoms with Crippen LogP contribution in [0.5, 0.6) is 17.2 Å². The standard InChI is InChI=1S/C79H123Cl2N11O21/c1-5-6-7-8-9-16-84-17-18-85-32-45-51(95)30-44-58(67(45)99)43-25-37(10-13-50(43)94)60-74(105)92-64(78(109)90-62(44)76(107)87-59-40-21-35-20-36(23-40)24-41(59)22-35)66(98)39-12-15-53(47(81)27-39)111-55-29-42-28-54(71(55)113-79-70(102)69(101)68(100)56(33-93)112-79)110-52-14-11-38(26-46(52)80)65(97)63(91-72(103)48(83-4)19-34(2)3)77(108)86-49(31-57(82)96)73(104)88-61(42)75(106)89-60/h28-29,34-41,43-53,56,58-70,79,83-85,93-95,97-102H,5-27,30-33H2,1-4H3,(H2,82,96)(H,86,108)(H,87,107)(H,88,104)(H,89,106)(H,90,109)(H,91,103)(H,92,105)/t35?,36?,37-,38-,39-,40?,41?,43?,44?,45?,46+,47-,48+,49-,50+,51-,52+,53+,56+,58?,59?,60+,61+,62-,63+,64-,65+,66+,67-,68+,69-,70+,79-/m0/s1. The molecular weight excluding hydrogens is 1510 g/mol. The van der Waals surface area contributed by atoms with Crippen LogP contribution in [0.3, 0.4) is 0 Å². The van der Waals surface area contributed by atoms with Crippen LogP contribution in [-0.2, 0) is 43.1 Å². The first kappa shape index (κ1) is 86.8. The third kappa shape index (κ3) is 19.9. The SMILES string of the molecule is CCCCCCCNCCNCC1[C@H](O)C2C3C[C@H](CC[C@H]3O)[C@H]3NC(=O)[C@@H]4NC(=O)[C@H](CC(N)=O)NC(=O)[C@H](NC(=O)[C@@H](CC(C)C)NC)[C@H](O)[C@H]5CC[C@@H](Oc6cc4cc(c6O[C@@H]4O[C@H](CO)[C@@H](O)[C@H](O)[C@H]4O)O[C@@H]4CC[C@@H](C[C@@H]4Cl)[C@@H](O)[C@H](NC3=O)C(=O)N[C@H](C(=O)NC3C4CC6CC(C4)CC3C6)C2C[C@@H]1O)[C@H](Cl)C5. The summed E-state index contributed by atoms with van der Waals surface area (Å²) in [7, 11) is 1.54. The van der Waals surface area contributed by atoms with Crippen LogP contribution < -0.4 is 73.1 Å². The number of rotatable bonds is 23. The number of halogens is 2. The van der Waals surface area contributed by atoms with E-state index in [2.05, 4.69) is 60.1 Å². The van der Waals surface area contributed by atoms with Gasteiger partial charge in [-0.3, -0.25) is 38.4 Å². The van der Waals surface area contributed by atoms with Crippen molar-refractivity contribution < 1.29 is 103 Å². The molecule has 21 N–H and O–H groups in total. The van der Waals surface area contributed by atoms with Crippen LogP contribution in [0.15, 0.2) is 12.1 Å². The molecule has 8 aliphatic carbocycles. The second-order valence-electron chi connectivity index (χ2n) is 35.1. The second kappa shape index (κ2) is 38.4. The maximum Gasteiger partial charge on any atom is 0.247 e. The summed E-state index contributed by atoms with van der Waals surface area (Å²) in [6, 6.07) is -9.88. The number of ether oxygens (including phenoxy) is 4. The van der Waals surface area contributed by atoms with Gasteiger partial charge >= 0.3 is 0 Å². The Hall–Kier alpha value is -5.56. The molecule has 2 saturated heterocycles. The van der Waals surface area contributed by atoms with E-state index in [0.29, 0.717) is 24.9 Å². The van der Waals surface area contributed by atoms with Crippen molar-refractivity contribution in [3.8, 4) is 17.2 Å². The first-order chi connectivity index (χ1) is 54.0. The summed E-state index contributed by atoms with van der Waals surface area (Å²) in [5, 5.41) is 136. The lowest BCUT2D eigenvalue weighted by Crippen LogP contribution is -2.68. The summed E-state index contributed by atoms with van der Waals surface area (Å²) in [5.74, 6) is -14.8. The van der Waals surface area contributed by atoms with Crippen LogP contribution in [0.1, 0.15) is 174 Å². The molecule has 15 bridgehead atoms. The van der Waals surface area contributed by atoms with Gasteiger partial charge in [-0.1, -0.05) is 46.5 Å². The molecule has 8 amide bonds. The fourth-order valence-electron chi connectivity index (χ4n) is 21.1. The van der Waals surface area contributed by atoms with Crippen molar-refractivity contribution in [1.29, 1.82) is 0 Å². The van der Waals surface area contributed by atoms with Gasteiger partial charge in [-0.05, 0) is 206 Å². The zero-order chi connectivity index (χ0) is 81.0. The van der Waals surface area contributed by atoms with E-state index in [0.717, 1.165) is 70.8 Å². The van der Waals surface area contributed by atoms with Crippen molar-refractivity contribution in [2.45, 2.75) is 295 Å². The highest BCUT2D eigenvalue weighted by atomic mass is 35.5. The number of likely N-dealkylation sites (N-methyl/N-ethyl adjacent to an activating group) is 1. The number of aliphatic hydroxyl groups excluding tert-OH is 9. The Labute approximate surface area is 669 Å². The Balaban J connectivity index is 0.976. The lowest BCUT2D eigenvalue weighted by atomic mass is 9.54. The Morgan fingerprint density at radius 2 is 1.22 bits per heavy atom. The van der Waals surface area contributed by atoms with Crippen molar-refractivity contribution in [3.05, 3.63) is 17.7 Å². The second-order valence-corrected chi connectivity index (χ2v) is 36.2. The molecule has 0 aromatic heterocycles. The number of nitrogens with one attached hydrogen (secondary N) is 10. The third-order valence-corrected chi connectivity index (χ3v) is 27.9.